The van der Waals surface area contributed by atoms with Gasteiger partial charge in [-0.2, -0.15) is 0 Å². The lowest BCUT2D eigenvalue weighted by Gasteiger charge is -2.34. The van der Waals surface area contributed by atoms with Crippen LogP contribution >= 0.6 is 11.6 Å². The van der Waals surface area contributed by atoms with Gasteiger partial charge in [-0.15, -0.1) is 0 Å². The summed E-state index contributed by atoms with van der Waals surface area (Å²) in [6.07, 6.45) is 1.16. The van der Waals surface area contributed by atoms with E-state index in [2.05, 4.69) is 4.98 Å². The maximum atomic E-state index is 12.8. The SMILES string of the molecule is COc1ccc(CCC(=O)N2CCN(C(=O)c3cc4cc(Cl)ccc4[nH]3)CC2)cc1. The number of nitrogens with one attached hydrogen (secondary N) is 1. The van der Waals surface area contributed by atoms with E-state index in [-0.39, 0.29) is 11.8 Å². The monoisotopic (exact) mass is 425 g/mol. The Morgan fingerprint density at radius 2 is 1.70 bits per heavy atom. The van der Waals surface area contributed by atoms with Crippen molar-refractivity contribution in [2.45, 2.75) is 12.8 Å². The molecule has 1 N–H and O–H groups in total. The highest BCUT2D eigenvalue weighted by molar-refractivity contribution is 6.31. The first-order chi connectivity index (χ1) is 14.5. The van der Waals surface area contributed by atoms with E-state index < -0.39 is 0 Å². The van der Waals surface area contributed by atoms with Crippen LogP contribution in [0.25, 0.3) is 10.9 Å². The van der Waals surface area contributed by atoms with Crippen LogP contribution in [0.1, 0.15) is 22.5 Å². The minimum atomic E-state index is -0.0485. The highest BCUT2D eigenvalue weighted by Gasteiger charge is 2.25. The molecule has 6 nitrogen and oxygen atoms in total. The molecule has 0 saturated carbocycles. The van der Waals surface area contributed by atoms with Gasteiger partial charge in [-0.3, -0.25) is 9.59 Å². The summed E-state index contributed by atoms with van der Waals surface area (Å²) in [6, 6.07) is 15.1. The van der Waals surface area contributed by atoms with Gasteiger partial charge in [-0.1, -0.05) is 23.7 Å². The van der Waals surface area contributed by atoms with Gasteiger partial charge in [0.25, 0.3) is 5.91 Å². The smallest absolute Gasteiger partial charge is 0.270 e. The molecule has 2 aromatic carbocycles. The summed E-state index contributed by atoms with van der Waals surface area (Å²) in [7, 11) is 1.64. The Bertz CT molecular complexity index is 1050. The topological polar surface area (TPSA) is 65.6 Å². The number of aryl methyl sites for hydroxylation is 1. The quantitative estimate of drug-likeness (QED) is 0.677. The largest absolute Gasteiger partial charge is 0.497 e. The van der Waals surface area contributed by atoms with E-state index in [9.17, 15) is 9.59 Å². The third kappa shape index (κ3) is 4.44. The zero-order valence-electron chi connectivity index (χ0n) is 16.9. The number of hydrogen-bond acceptors (Lipinski definition) is 3. The molecule has 1 fully saturated rings. The van der Waals surface area contributed by atoms with Crippen LogP contribution in [-0.4, -0.2) is 59.9 Å². The number of ether oxygens (including phenoxy) is 1. The number of H-pyrrole nitrogens is 1. The molecule has 0 unspecified atom stereocenters. The first-order valence-corrected chi connectivity index (χ1v) is 10.4. The maximum Gasteiger partial charge on any atom is 0.270 e. The number of methoxy groups -OCH3 is 1. The Kier molecular flexibility index (Phi) is 5.95. The summed E-state index contributed by atoms with van der Waals surface area (Å²) in [4.78, 5) is 32.2. The second-order valence-corrected chi connectivity index (χ2v) is 7.87. The van der Waals surface area contributed by atoms with Gasteiger partial charge in [-0.25, -0.2) is 0 Å². The lowest BCUT2D eigenvalue weighted by molar-refractivity contribution is -0.132. The molecule has 0 spiro atoms. The molecule has 156 valence electrons. The van der Waals surface area contributed by atoms with E-state index in [1.54, 1.807) is 18.1 Å². The minimum absolute atomic E-state index is 0.0485. The third-order valence-corrected chi connectivity index (χ3v) is 5.75. The molecular weight excluding hydrogens is 402 g/mol. The van der Waals surface area contributed by atoms with E-state index in [1.165, 1.54) is 0 Å². The average Bonchev–Trinajstić information content (AvgIpc) is 3.20. The fourth-order valence-corrected chi connectivity index (χ4v) is 3.93. The number of nitrogens with zero attached hydrogens (tertiary/aromatic N) is 2. The van der Waals surface area contributed by atoms with Crippen molar-refractivity contribution < 1.29 is 14.3 Å². The summed E-state index contributed by atoms with van der Waals surface area (Å²) in [5.74, 6) is 0.884. The number of aromatic amines is 1. The van der Waals surface area contributed by atoms with Gasteiger partial charge in [0.05, 0.1) is 7.11 Å². The number of hydrogen-bond donors (Lipinski definition) is 1. The van der Waals surface area contributed by atoms with Crippen LogP contribution in [0, 0.1) is 0 Å². The molecule has 0 aliphatic carbocycles. The first-order valence-electron chi connectivity index (χ1n) is 10.0. The average molecular weight is 426 g/mol. The van der Waals surface area contributed by atoms with Crippen molar-refractivity contribution in [1.29, 1.82) is 0 Å². The molecule has 2 heterocycles. The van der Waals surface area contributed by atoms with Crippen molar-refractivity contribution in [1.82, 2.24) is 14.8 Å². The van der Waals surface area contributed by atoms with Crippen molar-refractivity contribution in [2.75, 3.05) is 33.3 Å². The van der Waals surface area contributed by atoms with Gasteiger partial charge in [-0.05, 0) is 48.4 Å². The molecule has 0 radical (unpaired) electrons. The Morgan fingerprint density at radius 1 is 1.00 bits per heavy atom. The normalized spacial score (nSPS) is 14.2. The number of fused-ring (bicyclic) bond motifs is 1. The molecule has 2 amide bonds. The van der Waals surface area contributed by atoms with Gasteiger partial charge >= 0.3 is 0 Å². The van der Waals surface area contributed by atoms with E-state index in [4.69, 9.17) is 16.3 Å². The summed E-state index contributed by atoms with van der Waals surface area (Å²) < 4.78 is 5.16. The van der Waals surface area contributed by atoms with Crippen LogP contribution in [-0.2, 0) is 11.2 Å². The van der Waals surface area contributed by atoms with E-state index in [1.807, 2.05) is 47.4 Å². The van der Waals surface area contributed by atoms with Crippen molar-refractivity contribution in [2.24, 2.45) is 0 Å². The van der Waals surface area contributed by atoms with Crippen LogP contribution in [0.5, 0.6) is 5.75 Å². The standard InChI is InChI=1S/C23H24ClN3O3/c1-30-19-6-2-16(3-7-19)4-9-22(28)26-10-12-27(13-11-26)23(29)21-15-17-14-18(24)5-8-20(17)25-21/h2-3,5-8,14-15,25H,4,9-13H2,1H3. The number of piperazine rings is 1. The molecular formula is C23H24ClN3O3. The van der Waals surface area contributed by atoms with Gasteiger partial charge in [0.2, 0.25) is 5.91 Å². The predicted octanol–water partition coefficient (Wildman–Crippen LogP) is 3.75. The molecule has 3 aromatic rings. The summed E-state index contributed by atoms with van der Waals surface area (Å²) >= 11 is 6.03. The zero-order valence-corrected chi connectivity index (χ0v) is 17.6. The number of benzene rings is 2. The van der Waals surface area contributed by atoms with Crippen LogP contribution in [0.15, 0.2) is 48.5 Å². The second-order valence-electron chi connectivity index (χ2n) is 7.44. The first kappa shape index (κ1) is 20.3. The van der Waals surface area contributed by atoms with Gasteiger partial charge in [0.1, 0.15) is 11.4 Å². The Hall–Kier alpha value is -2.99. The van der Waals surface area contributed by atoms with Crippen LogP contribution in [0.3, 0.4) is 0 Å². The highest BCUT2D eigenvalue weighted by Crippen LogP contribution is 2.21. The second kappa shape index (κ2) is 8.79. The lowest BCUT2D eigenvalue weighted by atomic mass is 10.1. The molecule has 0 bridgehead atoms. The summed E-state index contributed by atoms with van der Waals surface area (Å²) in [5.41, 5.74) is 2.54. The fraction of sp³-hybridized carbons (Fsp3) is 0.304. The Morgan fingerprint density at radius 3 is 2.40 bits per heavy atom. The summed E-state index contributed by atoms with van der Waals surface area (Å²) in [5, 5.41) is 1.56. The minimum Gasteiger partial charge on any atom is -0.497 e. The van der Waals surface area contributed by atoms with Crippen molar-refractivity contribution in [3.63, 3.8) is 0 Å². The number of aromatic nitrogens is 1. The number of rotatable bonds is 5. The Balaban J connectivity index is 1.30. The molecule has 30 heavy (non-hydrogen) atoms. The van der Waals surface area contributed by atoms with Crippen molar-refractivity contribution in [3.05, 3.63) is 64.8 Å². The molecule has 1 saturated heterocycles. The molecule has 1 aliphatic heterocycles. The van der Waals surface area contributed by atoms with Crippen LogP contribution in [0.4, 0.5) is 0 Å². The number of halogens is 1. The van der Waals surface area contributed by atoms with Gasteiger partial charge in [0, 0.05) is 48.5 Å². The van der Waals surface area contributed by atoms with E-state index >= 15 is 0 Å². The molecule has 1 aliphatic rings. The van der Waals surface area contributed by atoms with Gasteiger partial charge < -0.3 is 19.5 Å². The van der Waals surface area contributed by atoms with Crippen molar-refractivity contribution >= 4 is 34.3 Å². The van der Waals surface area contributed by atoms with Crippen molar-refractivity contribution in [3.8, 4) is 5.75 Å². The zero-order chi connectivity index (χ0) is 21.1. The van der Waals surface area contributed by atoms with Crippen LogP contribution in [0.2, 0.25) is 5.02 Å². The molecule has 4 rings (SSSR count). The predicted molar refractivity (Wildman–Crippen MR) is 117 cm³/mol. The lowest BCUT2D eigenvalue weighted by Crippen LogP contribution is -2.50. The van der Waals surface area contributed by atoms with Crippen LogP contribution < -0.4 is 4.74 Å². The summed E-state index contributed by atoms with van der Waals surface area (Å²) in [6.45, 7) is 2.17. The van der Waals surface area contributed by atoms with E-state index in [0.717, 1.165) is 22.2 Å². The maximum absolute atomic E-state index is 12.8. The molecule has 7 heteroatoms. The molecule has 0 atom stereocenters. The highest BCUT2D eigenvalue weighted by atomic mass is 35.5. The fourth-order valence-electron chi connectivity index (χ4n) is 3.75. The van der Waals surface area contributed by atoms with E-state index in [0.29, 0.717) is 49.7 Å². The number of amides is 2. The third-order valence-electron chi connectivity index (χ3n) is 5.52. The molecule has 1 aromatic heterocycles. The van der Waals surface area contributed by atoms with Gasteiger partial charge in [0.15, 0.2) is 0 Å². The number of carbonyl (C=O) groups excluding carboxylic acids is 2. The Labute approximate surface area is 180 Å². The number of carbonyl (C=O) groups is 2.